The van der Waals surface area contributed by atoms with E-state index in [9.17, 15) is 10.7 Å². The molecule has 4 atom stereocenters. The molecule has 4 fully saturated rings. The molecule has 4 unspecified atom stereocenters. The van der Waals surface area contributed by atoms with Gasteiger partial charge in [0.1, 0.15) is 0 Å². The summed E-state index contributed by atoms with van der Waals surface area (Å²) in [7, 11) is 0. The Bertz CT molecular complexity index is 3690. The van der Waals surface area contributed by atoms with Crippen molar-refractivity contribution in [1.82, 2.24) is 8.80 Å². The van der Waals surface area contributed by atoms with Crippen molar-refractivity contribution in [2.75, 3.05) is 0 Å². The first-order valence-electron chi connectivity index (χ1n) is 27.5. The van der Waals surface area contributed by atoms with E-state index in [2.05, 4.69) is 56.1 Å². The lowest BCUT2D eigenvalue weighted by Crippen LogP contribution is -2.25. The van der Waals surface area contributed by atoms with Gasteiger partial charge in [0.05, 0.1) is 45.8 Å². The molecular formula is C62H62N4. The number of hydrogen-bond acceptors (Lipinski definition) is 1. The van der Waals surface area contributed by atoms with Crippen molar-refractivity contribution in [3.63, 3.8) is 0 Å². The molecule has 4 heterocycles. The number of benzene rings is 5. The van der Waals surface area contributed by atoms with Gasteiger partial charge < -0.3 is 8.80 Å². The third kappa shape index (κ3) is 4.57. The van der Waals surface area contributed by atoms with Crippen LogP contribution in [0.25, 0.3) is 81.0 Å². The summed E-state index contributed by atoms with van der Waals surface area (Å²) >= 11 is 0. The Morgan fingerprint density at radius 3 is 1.27 bits per heavy atom. The fourth-order valence-electron chi connectivity index (χ4n) is 17.3. The van der Waals surface area contributed by atoms with Crippen LogP contribution in [-0.2, 0) is 0 Å². The Balaban J connectivity index is 1.19. The molecule has 17 rings (SSSR count). The quantitative estimate of drug-likeness (QED) is 0.162. The normalized spacial score (nSPS) is 28.2. The van der Waals surface area contributed by atoms with Crippen molar-refractivity contribution in [2.24, 2.45) is 23.7 Å². The Morgan fingerprint density at radius 1 is 0.485 bits per heavy atom. The minimum Gasteiger partial charge on any atom is -0.309 e. The van der Waals surface area contributed by atoms with Gasteiger partial charge in [-0.25, -0.2) is 4.85 Å². The first kappa shape index (κ1) is 34.9. The Kier molecular flexibility index (Phi) is 6.77. The topological polar surface area (TPSA) is 37.0 Å². The molecular weight excluding hydrogens is 801 g/mol. The molecule has 4 heteroatoms. The number of nitriles is 1. The van der Waals surface area contributed by atoms with Gasteiger partial charge in [-0.1, -0.05) is 67.5 Å². The molecule has 4 aromatic heterocycles. The van der Waals surface area contributed by atoms with Gasteiger partial charge in [0.2, 0.25) is 0 Å². The molecule has 8 aliphatic rings. The van der Waals surface area contributed by atoms with Gasteiger partial charge in [0.15, 0.2) is 5.69 Å². The van der Waals surface area contributed by atoms with E-state index in [-0.39, 0.29) is 0 Å². The third-order valence-electron chi connectivity index (χ3n) is 19.2. The second-order valence-electron chi connectivity index (χ2n) is 23.8. The van der Waals surface area contributed by atoms with Crippen molar-refractivity contribution in [3.8, 4) is 6.07 Å². The van der Waals surface area contributed by atoms with Crippen LogP contribution in [0.15, 0.2) is 36.4 Å². The average molecular weight is 867 g/mol. The second-order valence-corrected chi connectivity index (χ2v) is 23.8. The zero-order valence-electron chi connectivity index (χ0n) is 43.9. The number of hydrogen-bond donors (Lipinski definition) is 0. The molecule has 330 valence electrons. The maximum absolute atomic E-state index is 11.2. The zero-order chi connectivity index (χ0) is 48.4. The fraction of sp³-hybridized carbons (Fsp3) is 0.484. The smallest absolute Gasteiger partial charge is 0.193 e. The van der Waals surface area contributed by atoms with E-state index in [1.165, 1.54) is 45.9 Å². The van der Waals surface area contributed by atoms with Crippen LogP contribution in [0, 0.1) is 41.6 Å². The highest BCUT2D eigenvalue weighted by Crippen LogP contribution is 2.63. The Hall–Kier alpha value is -5.32. The summed E-state index contributed by atoms with van der Waals surface area (Å²) in [5.74, 6) is 0.270. The van der Waals surface area contributed by atoms with Gasteiger partial charge in [-0.2, -0.15) is 5.26 Å². The second kappa shape index (κ2) is 12.8. The zero-order valence-corrected chi connectivity index (χ0v) is 39.9. The first-order valence-corrected chi connectivity index (χ1v) is 25.5. The highest BCUT2D eigenvalue weighted by Gasteiger charge is 2.47. The summed E-state index contributed by atoms with van der Waals surface area (Å²) in [6.45, 7) is 24.8. The minimum absolute atomic E-state index is 0.368. The number of rotatable bonds is 4. The Morgan fingerprint density at radius 2 is 0.864 bits per heavy atom. The van der Waals surface area contributed by atoms with Gasteiger partial charge in [-0.3, -0.25) is 0 Å². The number of aromatic nitrogens is 2. The van der Waals surface area contributed by atoms with Crippen LogP contribution in [0.4, 0.5) is 5.69 Å². The predicted octanol–water partition coefficient (Wildman–Crippen LogP) is 17.7. The monoisotopic (exact) mass is 867 g/mol. The highest BCUT2D eigenvalue weighted by atomic mass is 14.9. The SMILES string of the molecule is [2H]C(C)(C)c1cc(C([2H])(C)C)c2c3c4c(c(C#N)cc3n3c5cc6c7c(C([2H])(C)C)cc(C([2H])(C)C)c8c9c%10c(c([N+]#[C-])cc9n(c6cc5c1c23)c78)C1CC2CC(C1)CC%10C2)C1CC2CC(C1)CC4C2. The summed E-state index contributed by atoms with van der Waals surface area (Å²) in [6.07, 6.45) is 11.9. The molecule has 5 aromatic carbocycles. The molecule has 4 saturated carbocycles. The van der Waals surface area contributed by atoms with E-state index in [1.807, 2.05) is 55.4 Å². The van der Waals surface area contributed by atoms with Crippen LogP contribution in [-0.4, -0.2) is 8.80 Å². The fourth-order valence-corrected chi connectivity index (χ4v) is 17.3. The third-order valence-corrected chi connectivity index (χ3v) is 19.2. The predicted molar refractivity (Wildman–Crippen MR) is 274 cm³/mol. The van der Waals surface area contributed by atoms with E-state index in [0.29, 0.717) is 47.3 Å². The molecule has 66 heavy (non-hydrogen) atoms. The van der Waals surface area contributed by atoms with Crippen LogP contribution in [0.2, 0.25) is 0 Å². The van der Waals surface area contributed by atoms with E-state index < -0.39 is 23.6 Å². The van der Waals surface area contributed by atoms with E-state index >= 15 is 0 Å². The maximum Gasteiger partial charge on any atom is 0.193 e. The number of nitrogens with zero attached hydrogens (tertiary/aromatic N) is 4. The molecule has 0 amide bonds. The highest BCUT2D eigenvalue weighted by molar-refractivity contribution is 6.31. The standard InChI is InChI=1S/C62H62N4/c1-27(2)40-21-42(29(5)6)57-59-49(20-39(26-63)51-35-12-31-10-32(13-35)17-37(16-31)53(51)59)65-47-23-45-48(24-44(47)55(40)61(57)65)66-50-25-46(64-9)52-36-14-33-11-34(15-36)19-38(18-33)54(52)60(50)58-43(30(7)8)22-41(28(3)4)56(45)62(58)66/h20-25,27-38H,10-19H2,1-8H3/i27D,28D,29D,30D. The molecule has 4 nitrogen and oxygen atoms in total. The van der Waals surface area contributed by atoms with E-state index in [4.69, 9.17) is 6.57 Å². The maximum atomic E-state index is 11.2. The summed E-state index contributed by atoms with van der Waals surface area (Å²) in [5, 5.41) is 20.1. The number of fused-ring (bicyclic) bond motifs is 12. The lowest BCUT2D eigenvalue weighted by Gasteiger charge is -2.38. The van der Waals surface area contributed by atoms with Gasteiger partial charge in [-0.15, -0.1) is 0 Å². The van der Waals surface area contributed by atoms with Crippen molar-refractivity contribution in [1.29, 1.82) is 5.26 Å². The lowest BCUT2D eigenvalue weighted by atomic mass is 9.67. The minimum atomic E-state index is -1.01. The van der Waals surface area contributed by atoms with Gasteiger partial charge in [-0.05, 0) is 204 Å². The molecule has 0 N–H and O–H groups in total. The van der Waals surface area contributed by atoms with Crippen molar-refractivity contribution >= 4 is 81.9 Å². The molecule has 8 bridgehead atoms. The van der Waals surface area contributed by atoms with Crippen molar-refractivity contribution < 1.29 is 5.48 Å². The molecule has 8 aliphatic carbocycles. The van der Waals surface area contributed by atoms with Gasteiger partial charge >= 0.3 is 0 Å². The van der Waals surface area contributed by atoms with E-state index in [1.54, 1.807) is 0 Å². The lowest BCUT2D eigenvalue weighted by molar-refractivity contribution is 0.166. The molecule has 9 aromatic rings. The average Bonchev–Trinajstić information content (AvgIpc) is 3.92. The van der Waals surface area contributed by atoms with Gasteiger partial charge in [0.25, 0.3) is 0 Å². The largest absolute Gasteiger partial charge is 0.309 e. The van der Waals surface area contributed by atoms with Crippen molar-refractivity contribution in [3.05, 3.63) is 97.9 Å². The first-order chi connectivity index (χ1) is 33.1. The Labute approximate surface area is 394 Å². The van der Waals surface area contributed by atoms with Crippen LogP contribution in [0.3, 0.4) is 0 Å². The van der Waals surface area contributed by atoms with Crippen molar-refractivity contribution in [2.45, 2.75) is 167 Å². The summed E-state index contributed by atoms with van der Waals surface area (Å²) < 4.78 is 44.5. The van der Waals surface area contributed by atoms with Crippen LogP contribution in [0.5, 0.6) is 0 Å². The molecule has 0 aliphatic heterocycles. The van der Waals surface area contributed by atoms with Gasteiger partial charge in [0, 0.05) is 54.1 Å². The molecule has 0 radical (unpaired) electrons. The molecule has 0 spiro atoms. The summed E-state index contributed by atoms with van der Waals surface area (Å²) in [5.41, 5.74) is 16.9. The van der Waals surface area contributed by atoms with Crippen LogP contribution in [0.1, 0.15) is 222 Å². The summed E-state index contributed by atoms with van der Waals surface area (Å²) in [4.78, 5) is 4.41. The van der Waals surface area contributed by atoms with Crippen LogP contribution >= 0.6 is 0 Å². The summed E-state index contributed by atoms with van der Waals surface area (Å²) in [6, 6.07) is 16.4. The van der Waals surface area contributed by atoms with Crippen LogP contribution < -0.4 is 0 Å². The van der Waals surface area contributed by atoms with E-state index in [0.717, 1.165) is 150 Å². The molecule has 0 saturated heterocycles.